The van der Waals surface area contributed by atoms with E-state index in [0.29, 0.717) is 31.1 Å². The molecule has 0 aliphatic carbocycles. The van der Waals surface area contributed by atoms with E-state index < -0.39 is 10.0 Å². The van der Waals surface area contributed by atoms with Crippen molar-refractivity contribution in [2.45, 2.75) is 12.8 Å². The monoisotopic (exact) mass is 454 g/mol. The van der Waals surface area contributed by atoms with E-state index in [1.807, 2.05) is 60.7 Å². The molecule has 2 heterocycles. The van der Waals surface area contributed by atoms with Crippen molar-refractivity contribution in [3.05, 3.63) is 71.6 Å². The van der Waals surface area contributed by atoms with Crippen LogP contribution in [0.2, 0.25) is 0 Å². The lowest BCUT2D eigenvalue weighted by atomic mass is 9.97. The average Bonchev–Trinajstić information content (AvgIpc) is 3.28. The molecule has 1 saturated heterocycles. The second-order valence-electron chi connectivity index (χ2n) is 7.20. The largest absolute Gasteiger partial charge is 0.300 e. The van der Waals surface area contributed by atoms with E-state index in [1.54, 1.807) is 6.08 Å². The molecule has 0 atom stereocenters. The van der Waals surface area contributed by atoms with Crippen LogP contribution in [0.1, 0.15) is 18.4 Å². The van der Waals surface area contributed by atoms with Gasteiger partial charge in [0.25, 0.3) is 0 Å². The fourth-order valence-electron chi connectivity index (χ4n) is 3.37. The predicted octanol–water partition coefficient (Wildman–Crippen LogP) is 3.86. The average molecular weight is 455 g/mol. The van der Waals surface area contributed by atoms with Crippen LogP contribution < -0.4 is 5.32 Å². The molecule has 4 rings (SSSR count). The van der Waals surface area contributed by atoms with Gasteiger partial charge in [-0.15, -0.1) is 10.2 Å². The first-order valence-electron chi connectivity index (χ1n) is 9.94. The molecule has 0 radical (unpaired) electrons. The summed E-state index contributed by atoms with van der Waals surface area (Å²) < 4.78 is 26.6. The third-order valence-corrected chi connectivity index (χ3v) is 7.55. The van der Waals surface area contributed by atoms with Crippen molar-refractivity contribution in [3.63, 3.8) is 0 Å². The van der Waals surface area contributed by atoms with Crippen molar-refractivity contribution in [1.29, 1.82) is 0 Å². The minimum atomic E-state index is -3.52. The van der Waals surface area contributed by atoms with Gasteiger partial charge in [0.05, 0.1) is 0 Å². The molecule has 0 unspecified atom stereocenters. The minimum Gasteiger partial charge on any atom is -0.300 e. The molecule has 31 heavy (non-hydrogen) atoms. The topological polar surface area (TPSA) is 92.3 Å². The fourth-order valence-corrected chi connectivity index (χ4v) is 5.34. The highest BCUT2D eigenvalue weighted by Gasteiger charge is 2.30. The van der Waals surface area contributed by atoms with Crippen LogP contribution >= 0.6 is 11.3 Å². The number of carbonyl (C=O) groups is 1. The Morgan fingerprint density at radius 3 is 2.32 bits per heavy atom. The second-order valence-corrected chi connectivity index (χ2v) is 10.00. The highest BCUT2D eigenvalue weighted by atomic mass is 32.2. The zero-order chi connectivity index (χ0) is 21.7. The Morgan fingerprint density at radius 1 is 1.00 bits per heavy atom. The standard InChI is InChI=1S/C22H22N4O3S2/c27-20(23-22-25-24-21(30-22)19-9-5-2-6-10-19)18-11-14-26(15-12-18)31(28,29)16-13-17-7-3-1-4-8-17/h1-10,13,16,18H,11-12,14-15H2,(H,23,25,27)/b16-13+. The lowest BCUT2D eigenvalue weighted by molar-refractivity contribution is -0.120. The Bertz CT molecular complexity index is 1150. The summed E-state index contributed by atoms with van der Waals surface area (Å²) in [4.78, 5) is 12.6. The summed E-state index contributed by atoms with van der Waals surface area (Å²) in [5, 5.41) is 13.4. The molecular formula is C22H22N4O3S2. The quantitative estimate of drug-likeness (QED) is 0.611. The number of benzene rings is 2. The molecule has 1 fully saturated rings. The molecule has 160 valence electrons. The number of aromatic nitrogens is 2. The summed E-state index contributed by atoms with van der Waals surface area (Å²) in [6.07, 6.45) is 2.52. The molecule has 1 N–H and O–H groups in total. The van der Waals surface area contributed by atoms with Crippen molar-refractivity contribution >= 4 is 38.5 Å². The highest BCUT2D eigenvalue weighted by Crippen LogP contribution is 2.27. The molecule has 1 amide bonds. The van der Waals surface area contributed by atoms with E-state index in [4.69, 9.17) is 0 Å². The van der Waals surface area contributed by atoms with Gasteiger partial charge >= 0.3 is 0 Å². The van der Waals surface area contributed by atoms with Crippen LogP contribution in [-0.4, -0.2) is 41.9 Å². The maximum absolute atomic E-state index is 12.6. The van der Waals surface area contributed by atoms with Crippen LogP contribution in [0.3, 0.4) is 0 Å². The number of nitrogens with zero attached hydrogens (tertiary/aromatic N) is 3. The maximum Gasteiger partial charge on any atom is 0.236 e. The Labute approximate surface area is 185 Å². The molecule has 1 aromatic heterocycles. The van der Waals surface area contributed by atoms with E-state index >= 15 is 0 Å². The van der Waals surface area contributed by atoms with Crippen LogP contribution in [0.5, 0.6) is 0 Å². The van der Waals surface area contributed by atoms with Gasteiger partial charge in [-0.25, -0.2) is 8.42 Å². The first kappa shape index (κ1) is 21.4. The molecular weight excluding hydrogens is 432 g/mol. The summed E-state index contributed by atoms with van der Waals surface area (Å²) in [5.41, 5.74) is 1.77. The number of piperidine rings is 1. The summed E-state index contributed by atoms with van der Waals surface area (Å²) in [5.74, 6) is -0.402. The van der Waals surface area contributed by atoms with Crippen LogP contribution in [-0.2, 0) is 14.8 Å². The maximum atomic E-state index is 12.6. The third kappa shape index (κ3) is 5.43. The number of hydrogen-bond acceptors (Lipinski definition) is 6. The molecule has 1 aliphatic rings. The number of sulfonamides is 1. The van der Waals surface area contributed by atoms with Crippen LogP contribution in [0, 0.1) is 5.92 Å². The molecule has 0 spiro atoms. The molecule has 1 aliphatic heterocycles. The van der Waals surface area contributed by atoms with Gasteiger partial charge in [-0.2, -0.15) is 4.31 Å². The van der Waals surface area contributed by atoms with E-state index in [0.717, 1.165) is 16.1 Å². The van der Waals surface area contributed by atoms with Gasteiger partial charge in [0, 0.05) is 30.0 Å². The van der Waals surface area contributed by atoms with Crippen molar-refractivity contribution in [3.8, 4) is 10.6 Å². The summed E-state index contributed by atoms with van der Waals surface area (Å²) >= 11 is 1.32. The lowest BCUT2D eigenvalue weighted by Gasteiger charge is -2.29. The van der Waals surface area contributed by atoms with Crippen molar-refractivity contribution in [1.82, 2.24) is 14.5 Å². The smallest absolute Gasteiger partial charge is 0.236 e. The molecule has 3 aromatic rings. The first-order chi connectivity index (χ1) is 15.0. The van der Waals surface area contributed by atoms with E-state index in [-0.39, 0.29) is 11.8 Å². The zero-order valence-corrected chi connectivity index (χ0v) is 18.3. The summed E-state index contributed by atoms with van der Waals surface area (Å²) in [6.45, 7) is 0.621. The number of rotatable bonds is 6. The highest BCUT2D eigenvalue weighted by molar-refractivity contribution is 7.92. The van der Waals surface area contributed by atoms with Gasteiger partial charge < -0.3 is 5.32 Å². The summed E-state index contributed by atoms with van der Waals surface area (Å²) in [7, 11) is -3.52. The first-order valence-corrected chi connectivity index (χ1v) is 12.3. The predicted molar refractivity (Wildman–Crippen MR) is 123 cm³/mol. The SMILES string of the molecule is O=C(Nc1nnc(-c2ccccc2)s1)C1CCN(S(=O)(=O)/C=C/c2ccccc2)CC1. The number of carbonyl (C=O) groups excluding carboxylic acids is 1. The minimum absolute atomic E-state index is 0.146. The Hall–Kier alpha value is -2.88. The zero-order valence-electron chi connectivity index (χ0n) is 16.7. The van der Waals surface area contributed by atoms with Crippen molar-refractivity contribution in [2.24, 2.45) is 5.92 Å². The van der Waals surface area contributed by atoms with Crippen molar-refractivity contribution in [2.75, 3.05) is 18.4 Å². The number of amides is 1. The number of anilines is 1. The molecule has 9 heteroatoms. The van der Waals surface area contributed by atoms with Crippen molar-refractivity contribution < 1.29 is 13.2 Å². The van der Waals surface area contributed by atoms with Crippen LogP contribution in [0.15, 0.2) is 66.1 Å². The van der Waals surface area contributed by atoms with Gasteiger partial charge in [-0.1, -0.05) is 72.0 Å². The summed E-state index contributed by atoms with van der Waals surface area (Å²) in [6, 6.07) is 18.9. The molecule has 2 aromatic carbocycles. The van der Waals surface area contributed by atoms with Crippen LogP contribution in [0.4, 0.5) is 5.13 Å². The Morgan fingerprint density at radius 2 is 1.65 bits per heavy atom. The second kappa shape index (κ2) is 9.51. The van der Waals surface area contributed by atoms with Gasteiger partial charge in [-0.05, 0) is 24.5 Å². The molecule has 7 nitrogen and oxygen atoms in total. The Balaban J connectivity index is 1.32. The van der Waals surface area contributed by atoms with Gasteiger partial charge in [0.1, 0.15) is 5.01 Å². The third-order valence-electron chi connectivity index (χ3n) is 5.09. The van der Waals surface area contributed by atoms with Gasteiger partial charge in [0.15, 0.2) is 0 Å². The Kier molecular flexibility index (Phi) is 6.55. The van der Waals surface area contributed by atoms with Gasteiger partial charge in [-0.3, -0.25) is 4.79 Å². The molecule has 0 saturated carbocycles. The normalized spacial score (nSPS) is 15.9. The van der Waals surface area contributed by atoms with E-state index in [1.165, 1.54) is 21.1 Å². The lowest BCUT2D eigenvalue weighted by Crippen LogP contribution is -2.40. The van der Waals surface area contributed by atoms with Gasteiger partial charge in [0.2, 0.25) is 21.1 Å². The fraction of sp³-hybridized carbons (Fsp3) is 0.227. The van der Waals surface area contributed by atoms with E-state index in [2.05, 4.69) is 15.5 Å². The number of nitrogens with one attached hydrogen (secondary N) is 1. The molecule has 0 bridgehead atoms. The number of hydrogen-bond donors (Lipinski definition) is 1. The van der Waals surface area contributed by atoms with E-state index in [9.17, 15) is 13.2 Å². The van der Waals surface area contributed by atoms with Crippen LogP contribution in [0.25, 0.3) is 16.6 Å².